The van der Waals surface area contributed by atoms with Crippen molar-refractivity contribution in [2.45, 2.75) is 38.0 Å². The lowest BCUT2D eigenvalue weighted by molar-refractivity contribution is -0.286. The van der Waals surface area contributed by atoms with E-state index in [1.807, 2.05) is 19.1 Å². The molecule has 7 nitrogen and oxygen atoms in total. The molecule has 0 saturated heterocycles. The van der Waals surface area contributed by atoms with Crippen LogP contribution in [0.1, 0.15) is 24.0 Å². The van der Waals surface area contributed by atoms with Crippen LogP contribution in [-0.2, 0) is 12.0 Å². The van der Waals surface area contributed by atoms with Crippen LogP contribution in [0.25, 0.3) is 11.3 Å². The molecule has 0 spiro atoms. The minimum absolute atomic E-state index is 0.00785. The lowest BCUT2D eigenvalue weighted by Gasteiger charge is -2.21. The first-order chi connectivity index (χ1) is 16.2. The highest BCUT2D eigenvalue weighted by Crippen LogP contribution is 2.55. The van der Waals surface area contributed by atoms with Crippen LogP contribution in [0.2, 0.25) is 0 Å². The minimum Gasteiger partial charge on any atom is -0.395 e. The summed E-state index contributed by atoms with van der Waals surface area (Å²) in [6.07, 6.45) is -0.423. The number of aliphatic hydroxyl groups is 1. The average molecular weight is 467 g/mol. The van der Waals surface area contributed by atoms with Crippen molar-refractivity contribution in [3.8, 4) is 22.8 Å². The van der Waals surface area contributed by atoms with Gasteiger partial charge in [-0.25, -0.2) is 4.98 Å². The second kappa shape index (κ2) is 7.95. The van der Waals surface area contributed by atoms with E-state index in [-0.39, 0.29) is 30.2 Å². The Morgan fingerprint density at radius 2 is 1.94 bits per heavy atom. The van der Waals surface area contributed by atoms with Gasteiger partial charge in [-0.3, -0.25) is 4.79 Å². The molecule has 1 aliphatic carbocycles. The average Bonchev–Trinajstić information content (AvgIpc) is 3.52. The van der Waals surface area contributed by atoms with Crippen molar-refractivity contribution < 1.29 is 23.4 Å². The van der Waals surface area contributed by atoms with E-state index < -0.39 is 11.7 Å². The summed E-state index contributed by atoms with van der Waals surface area (Å²) < 4.78 is 37.4. The van der Waals surface area contributed by atoms with Gasteiger partial charge in [0.2, 0.25) is 0 Å². The largest absolute Gasteiger partial charge is 0.586 e. The fourth-order valence-electron chi connectivity index (χ4n) is 4.25. The number of hydrogen-bond donors (Lipinski definition) is 2. The topological polar surface area (TPSA) is 85.6 Å². The maximum atomic E-state index is 13.4. The minimum atomic E-state index is -3.66. The number of halogens is 2. The van der Waals surface area contributed by atoms with Crippen molar-refractivity contribution >= 4 is 5.82 Å². The SMILES string of the molecule is C=C(Nc1cc(C)cc(-c2ccn(CCO)c(=O)c2)n1)C1(c2ccc3c(c2)OC(F)(F)O3)CC1. The van der Waals surface area contributed by atoms with E-state index in [0.29, 0.717) is 22.8 Å². The summed E-state index contributed by atoms with van der Waals surface area (Å²) in [6, 6.07) is 11.8. The van der Waals surface area contributed by atoms with Crippen LogP contribution in [0.5, 0.6) is 11.5 Å². The normalized spacial score (nSPS) is 16.8. The Kier molecular flexibility index (Phi) is 5.16. The Hall–Kier alpha value is -3.72. The number of rotatable bonds is 7. The second-order valence-corrected chi connectivity index (χ2v) is 8.60. The number of alkyl halides is 2. The van der Waals surface area contributed by atoms with E-state index in [1.165, 1.54) is 16.7 Å². The summed E-state index contributed by atoms with van der Waals surface area (Å²) in [7, 11) is 0. The molecular weight excluding hydrogens is 444 g/mol. The van der Waals surface area contributed by atoms with Crippen LogP contribution in [0.3, 0.4) is 0 Å². The highest BCUT2D eigenvalue weighted by Gasteiger charge is 2.49. The molecule has 34 heavy (non-hydrogen) atoms. The number of nitrogens with one attached hydrogen (secondary N) is 1. The van der Waals surface area contributed by atoms with Gasteiger partial charge < -0.3 is 24.5 Å². The van der Waals surface area contributed by atoms with E-state index >= 15 is 0 Å². The number of aryl methyl sites for hydroxylation is 1. The molecule has 1 aliphatic heterocycles. The molecule has 2 aromatic heterocycles. The smallest absolute Gasteiger partial charge is 0.395 e. The highest BCUT2D eigenvalue weighted by molar-refractivity contribution is 5.63. The molecule has 2 N–H and O–H groups in total. The summed E-state index contributed by atoms with van der Waals surface area (Å²) >= 11 is 0. The lowest BCUT2D eigenvalue weighted by Crippen LogP contribution is -2.26. The maximum Gasteiger partial charge on any atom is 0.586 e. The van der Waals surface area contributed by atoms with Gasteiger partial charge in [0, 0.05) is 35.5 Å². The standard InChI is InChI=1S/C25H23F2N3O4/c1-15-11-19(17-5-8-30(9-10-31)23(32)13-17)29-22(12-15)28-16(2)24(6-7-24)18-3-4-20-21(14-18)34-25(26,27)33-20/h3-5,8,11-14,31H,2,6-7,9-10H2,1H3,(H,28,29). The molecule has 0 bridgehead atoms. The van der Waals surface area contributed by atoms with Crippen LogP contribution in [-0.4, -0.2) is 27.6 Å². The summed E-state index contributed by atoms with van der Waals surface area (Å²) in [6.45, 7) is 6.25. The molecule has 1 fully saturated rings. The molecule has 0 amide bonds. The number of aromatic nitrogens is 2. The zero-order chi connectivity index (χ0) is 24.1. The molecule has 0 unspecified atom stereocenters. The van der Waals surface area contributed by atoms with Crippen molar-refractivity contribution in [3.63, 3.8) is 0 Å². The Labute approximate surface area is 194 Å². The van der Waals surface area contributed by atoms with Crippen molar-refractivity contribution in [2.24, 2.45) is 0 Å². The molecule has 1 saturated carbocycles. The Bertz CT molecular complexity index is 1350. The van der Waals surface area contributed by atoms with Gasteiger partial charge in [-0.2, -0.15) is 0 Å². The van der Waals surface area contributed by atoms with Gasteiger partial charge in [0.1, 0.15) is 5.82 Å². The number of nitrogens with zero attached hydrogens (tertiary/aromatic N) is 2. The third-order valence-electron chi connectivity index (χ3n) is 6.16. The van der Waals surface area contributed by atoms with Gasteiger partial charge in [-0.15, -0.1) is 8.78 Å². The Morgan fingerprint density at radius 1 is 1.18 bits per heavy atom. The van der Waals surface area contributed by atoms with Crippen LogP contribution in [0, 0.1) is 6.92 Å². The van der Waals surface area contributed by atoms with Gasteiger partial charge in [0.25, 0.3) is 5.56 Å². The van der Waals surface area contributed by atoms with Crippen LogP contribution >= 0.6 is 0 Å². The summed E-state index contributed by atoms with van der Waals surface area (Å²) in [4.78, 5) is 17.0. The fraction of sp³-hybridized carbons (Fsp3) is 0.280. The van der Waals surface area contributed by atoms with Gasteiger partial charge in [0.05, 0.1) is 12.3 Å². The maximum absolute atomic E-state index is 13.4. The number of anilines is 1. The number of allylic oxidation sites excluding steroid dienone is 1. The van der Waals surface area contributed by atoms with Gasteiger partial charge >= 0.3 is 6.29 Å². The first-order valence-electron chi connectivity index (χ1n) is 10.9. The molecule has 176 valence electrons. The molecule has 5 rings (SSSR count). The van der Waals surface area contributed by atoms with E-state index in [0.717, 1.165) is 24.0 Å². The quantitative estimate of drug-likeness (QED) is 0.542. The monoisotopic (exact) mass is 467 g/mol. The van der Waals surface area contributed by atoms with E-state index in [9.17, 15) is 13.6 Å². The number of benzene rings is 1. The Morgan fingerprint density at radius 3 is 2.65 bits per heavy atom. The van der Waals surface area contributed by atoms with Crippen LogP contribution < -0.4 is 20.3 Å². The fourth-order valence-corrected chi connectivity index (χ4v) is 4.25. The second-order valence-electron chi connectivity index (χ2n) is 8.60. The molecule has 1 aromatic carbocycles. The molecule has 2 aliphatic rings. The van der Waals surface area contributed by atoms with Gasteiger partial charge in [-0.05, 0) is 61.2 Å². The third kappa shape index (κ3) is 4.03. The number of hydrogen-bond acceptors (Lipinski definition) is 6. The third-order valence-corrected chi connectivity index (χ3v) is 6.16. The Balaban J connectivity index is 1.39. The number of aliphatic hydroxyl groups excluding tert-OH is 1. The van der Waals surface area contributed by atoms with E-state index in [4.69, 9.17) is 5.11 Å². The number of fused-ring (bicyclic) bond motifs is 1. The van der Waals surface area contributed by atoms with Crippen LogP contribution in [0.15, 0.2) is 65.7 Å². The van der Waals surface area contributed by atoms with E-state index in [2.05, 4.69) is 26.4 Å². The molecule has 0 atom stereocenters. The van der Waals surface area contributed by atoms with Gasteiger partial charge in [-0.1, -0.05) is 12.6 Å². The molecule has 0 radical (unpaired) electrons. The predicted octanol–water partition coefficient (Wildman–Crippen LogP) is 4.19. The first kappa shape index (κ1) is 22.1. The number of pyridine rings is 2. The summed E-state index contributed by atoms with van der Waals surface area (Å²) in [5.74, 6) is 0.584. The molecular formula is C25H23F2N3O4. The summed E-state index contributed by atoms with van der Waals surface area (Å²) in [5.41, 5.74) is 3.08. The molecule has 3 heterocycles. The van der Waals surface area contributed by atoms with Crippen LogP contribution in [0.4, 0.5) is 14.6 Å². The summed E-state index contributed by atoms with van der Waals surface area (Å²) in [5, 5.41) is 12.4. The predicted molar refractivity (Wildman–Crippen MR) is 122 cm³/mol. The molecule has 3 aromatic rings. The van der Waals surface area contributed by atoms with Crippen molar-refractivity contribution in [2.75, 3.05) is 11.9 Å². The van der Waals surface area contributed by atoms with Crippen molar-refractivity contribution in [1.29, 1.82) is 0 Å². The molecule has 9 heteroatoms. The highest BCUT2D eigenvalue weighted by atomic mass is 19.3. The van der Waals surface area contributed by atoms with E-state index in [1.54, 1.807) is 24.4 Å². The number of ether oxygens (including phenoxy) is 2. The zero-order valence-electron chi connectivity index (χ0n) is 18.5. The zero-order valence-corrected chi connectivity index (χ0v) is 18.5. The lowest BCUT2D eigenvalue weighted by atomic mass is 9.92. The van der Waals surface area contributed by atoms with Crippen molar-refractivity contribution in [1.82, 2.24) is 9.55 Å². The first-order valence-corrected chi connectivity index (χ1v) is 10.9. The van der Waals surface area contributed by atoms with Crippen molar-refractivity contribution in [3.05, 3.63) is 82.4 Å². The van der Waals surface area contributed by atoms with Gasteiger partial charge in [0.15, 0.2) is 11.5 Å².